The third-order valence-electron chi connectivity index (χ3n) is 12.8. The van der Waals surface area contributed by atoms with Gasteiger partial charge in [0.25, 0.3) is 0 Å². The van der Waals surface area contributed by atoms with Crippen LogP contribution in [0.15, 0.2) is 24.3 Å². The van der Waals surface area contributed by atoms with Gasteiger partial charge in [-0.1, -0.05) is 224 Å². The minimum Gasteiger partial charge on any atom is -0.394 e. The van der Waals surface area contributed by atoms with E-state index in [4.69, 9.17) is 9.47 Å². The van der Waals surface area contributed by atoms with Gasteiger partial charge in [-0.3, -0.25) is 4.79 Å². The highest BCUT2D eigenvalue weighted by Crippen LogP contribution is 2.23. The lowest BCUT2D eigenvalue weighted by Gasteiger charge is -2.40. The van der Waals surface area contributed by atoms with Crippen LogP contribution < -0.4 is 5.32 Å². The average Bonchev–Trinajstić information content (AvgIpc) is 3.27. The zero-order chi connectivity index (χ0) is 45.1. The first kappa shape index (κ1) is 58.7. The van der Waals surface area contributed by atoms with Crippen molar-refractivity contribution in [2.75, 3.05) is 13.2 Å². The van der Waals surface area contributed by atoms with Gasteiger partial charge in [0.05, 0.1) is 25.4 Å². The molecule has 0 spiro atoms. The van der Waals surface area contributed by atoms with Gasteiger partial charge in [-0.15, -0.1) is 0 Å². The Kier molecular flexibility index (Phi) is 41.2. The van der Waals surface area contributed by atoms with Gasteiger partial charge in [0, 0.05) is 6.42 Å². The molecule has 6 N–H and O–H groups in total. The van der Waals surface area contributed by atoms with E-state index in [1.165, 1.54) is 186 Å². The van der Waals surface area contributed by atoms with E-state index < -0.39 is 49.5 Å². The highest BCUT2D eigenvalue weighted by Gasteiger charge is 2.44. The molecule has 9 nitrogen and oxygen atoms in total. The lowest BCUT2D eigenvalue weighted by Crippen LogP contribution is -2.60. The Morgan fingerprint density at radius 3 is 1.32 bits per heavy atom. The molecule has 0 bridgehead atoms. The molecule has 366 valence electrons. The van der Waals surface area contributed by atoms with E-state index in [2.05, 4.69) is 31.3 Å². The van der Waals surface area contributed by atoms with Gasteiger partial charge in [0.1, 0.15) is 24.4 Å². The number of rotatable bonds is 45. The van der Waals surface area contributed by atoms with Crippen molar-refractivity contribution in [2.45, 2.75) is 294 Å². The SMILES string of the molecule is CCCCCC/C=C/C(O)C(COC1OC(CO)C(O)C(O)C1O)NC(=O)CCCCCCCCCCCCCCCCCCCCCCC/C=C\CCCCCCCCCC. The van der Waals surface area contributed by atoms with Crippen LogP contribution in [0.5, 0.6) is 0 Å². The molecule has 7 unspecified atom stereocenters. The Labute approximate surface area is 381 Å². The molecule has 1 saturated heterocycles. The van der Waals surface area contributed by atoms with Gasteiger partial charge in [0.2, 0.25) is 5.91 Å². The Hall–Kier alpha value is -1.33. The molecule has 0 aromatic rings. The van der Waals surface area contributed by atoms with E-state index in [0.29, 0.717) is 6.42 Å². The van der Waals surface area contributed by atoms with Crippen LogP contribution in [0.4, 0.5) is 0 Å². The summed E-state index contributed by atoms with van der Waals surface area (Å²) in [6.07, 6.45) is 47.4. The summed E-state index contributed by atoms with van der Waals surface area (Å²) in [4.78, 5) is 12.9. The van der Waals surface area contributed by atoms with Crippen LogP contribution in [0.2, 0.25) is 0 Å². The smallest absolute Gasteiger partial charge is 0.220 e. The summed E-state index contributed by atoms with van der Waals surface area (Å²) in [5, 5.41) is 53.9. The number of hydrogen-bond donors (Lipinski definition) is 6. The summed E-state index contributed by atoms with van der Waals surface area (Å²) in [5.41, 5.74) is 0. The van der Waals surface area contributed by atoms with Crippen molar-refractivity contribution in [3.05, 3.63) is 24.3 Å². The molecule has 0 radical (unpaired) electrons. The zero-order valence-electron chi connectivity index (χ0n) is 40.4. The molecule has 1 amide bonds. The van der Waals surface area contributed by atoms with E-state index in [1.807, 2.05) is 6.08 Å². The standard InChI is InChI=1S/C53H101NO8/c1-3-5-7-9-11-12-13-14-15-16-17-18-19-20-21-22-23-24-25-26-27-28-29-30-31-32-33-34-35-36-37-39-41-43-49(57)54-46(47(56)42-40-38-10-8-6-4-2)45-61-53-52(60)51(59)50(58)48(44-55)62-53/h16-17,40,42,46-48,50-53,55-56,58-60H,3-15,18-39,41,43-45H2,1-2H3,(H,54,57)/b17-16-,42-40+. The van der Waals surface area contributed by atoms with Gasteiger partial charge >= 0.3 is 0 Å². The fraction of sp³-hybridized carbons (Fsp3) is 0.906. The van der Waals surface area contributed by atoms with Crippen molar-refractivity contribution in [1.29, 1.82) is 0 Å². The van der Waals surface area contributed by atoms with Crippen molar-refractivity contribution < 1.29 is 39.8 Å². The molecule has 7 atom stereocenters. The highest BCUT2D eigenvalue weighted by atomic mass is 16.7. The highest BCUT2D eigenvalue weighted by molar-refractivity contribution is 5.76. The molecule has 1 aliphatic heterocycles. The molecular weight excluding hydrogens is 779 g/mol. The summed E-state index contributed by atoms with van der Waals surface area (Å²) in [6.45, 7) is 3.70. The van der Waals surface area contributed by atoms with Crippen molar-refractivity contribution >= 4 is 5.91 Å². The van der Waals surface area contributed by atoms with Crippen LogP contribution in [-0.2, 0) is 14.3 Å². The summed E-state index contributed by atoms with van der Waals surface area (Å²) >= 11 is 0. The van der Waals surface area contributed by atoms with Gasteiger partial charge in [0.15, 0.2) is 6.29 Å². The fourth-order valence-electron chi connectivity index (χ4n) is 8.51. The number of nitrogens with one attached hydrogen (secondary N) is 1. The average molecular weight is 880 g/mol. The van der Waals surface area contributed by atoms with Gasteiger partial charge in [-0.05, 0) is 44.9 Å². The lowest BCUT2D eigenvalue weighted by atomic mass is 9.99. The number of unbranched alkanes of at least 4 members (excludes halogenated alkanes) is 33. The maximum absolute atomic E-state index is 12.9. The number of aliphatic hydroxyl groups is 5. The molecule has 0 aromatic heterocycles. The number of amides is 1. The van der Waals surface area contributed by atoms with Gasteiger partial charge < -0.3 is 40.3 Å². The maximum atomic E-state index is 12.9. The third-order valence-corrected chi connectivity index (χ3v) is 12.8. The number of hydrogen-bond acceptors (Lipinski definition) is 8. The number of carbonyl (C=O) groups excluding carboxylic acids is 1. The van der Waals surface area contributed by atoms with Crippen LogP contribution in [0.3, 0.4) is 0 Å². The lowest BCUT2D eigenvalue weighted by molar-refractivity contribution is -0.302. The molecule has 1 rings (SSSR count). The number of allylic oxidation sites excluding steroid dienone is 3. The van der Waals surface area contributed by atoms with E-state index in [1.54, 1.807) is 6.08 Å². The second kappa shape index (κ2) is 43.6. The van der Waals surface area contributed by atoms with Crippen LogP contribution in [0.25, 0.3) is 0 Å². The summed E-state index contributed by atoms with van der Waals surface area (Å²) < 4.78 is 11.1. The number of aliphatic hydroxyl groups excluding tert-OH is 5. The van der Waals surface area contributed by atoms with Crippen molar-refractivity contribution in [2.24, 2.45) is 0 Å². The normalized spacial score (nSPS) is 20.4. The third kappa shape index (κ3) is 33.2. The molecule has 1 aliphatic rings. The zero-order valence-corrected chi connectivity index (χ0v) is 40.4. The van der Waals surface area contributed by atoms with Gasteiger partial charge in [-0.2, -0.15) is 0 Å². The summed E-state index contributed by atoms with van der Waals surface area (Å²) in [6, 6.07) is -0.798. The molecule has 1 fully saturated rings. The predicted molar refractivity (Wildman–Crippen MR) is 258 cm³/mol. The number of carbonyl (C=O) groups is 1. The first-order valence-electron chi connectivity index (χ1n) is 26.6. The van der Waals surface area contributed by atoms with Gasteiger partial charge in [-0.25, -0.2) is 0 Å². The summed E-state index contributed by atoms with van der Waals surface area (Å²) in [7, 11) is 0. The Morgan fingerprint density at radius 2 is 0.903 bits per heavy atom. The Morgan fingerprint density at radius 1 is 0.532 bits per heavy atom. The van der Waals surface area contributed by atoms with E-state index in [9.17, 15) is 30.3 Å². The largest absolute Gasteiger partial charge is 0.394 e. The fourth-order valence-corrected chi connectivity index (χ4v) is 8.51. The first-order chi connectivity index (χ1) is 30.3. The predicted octanol–water partition coefficient (Wildman–Crippen LogP) is 12.2. The van der Waals surface area contributed by atoms with Crippen LogP contribution in [0.1, 0.15) is 251 Å². The van der Waals surface area contributed by atoms with Crippen LogP contribution in [-0.4, -0.2) is 87.5 Å². The molecule has 0 aliphatic carbocycles. The Bertz CT molecular complexity index is 1020. The maximum Gasteiger partial charge on any atom is 0.220 e. The molecular formula is C53H101NO8. The van der Waals surface area contributed by atoms with Crippen molar-refractivity contribution in [1.82, 2.24) is 5.32 Å². The molecule has 0 aromatic carbocycles. The Balaban J connectivity index is 2.00. The van der Waals surface area contributed by atoms with E-state index >= 15 is 0 Å². The first-order valence-corrected chi connectivity index (χ1v) is 26.6. The monoisotopic (exact) mass is 880 g/mol. The minimum atomic E-state index is -1.56. The van der Waals surface area contributed by atoms with E-state index in [0.717, 1.165) is 44.9 Å². The molecule has 62 heavy (non-hydrogen) atoms. The van der Waals surface area contributed by atoms with Crippen molar-refractivity contribution in [3.8, 4) is 0 Å². The topological polar surface area (TPSA) is 149 Å². The summed E-state index contributed by atoms with van der Waals surface area (Å²) in [5.74, 6) is -0.179. The molecule has 9 heteroatoms. The molecule has 0 saturated carbocycles. The second-order valence-electron chi connectivity index (χ2n) is 18.7. The molecule has 1 heterocycles. The second-order valence-corrected chi connectivity index (χ2v) is 18.7. The van der Waals surface area contributed by atoms with Crippen molar-refractivity contribution in [3.63, 3.8) is 0 Å². The van der Waals surface area contributed by atoms with E-state index in [-0.39, 0.29) is 12.5 Å². The minimum absolute atomic E-state index is 0.179. The number of ether oxygens (including phenoxy) is 2. The quantitative estimate of drug-likeness (QED) is 0.0262. The van der Waals surface area contributed by atoms with Crippen LogP contribution in [0, 0.1) is 0 Å². The van der Waals surface area contributed by atoms with Crippen LogP contribution >= 0.6 is 0 Å².